The van der Waals surface area contributed by atoms with Gasteiger partial charge in [-0.15, -0.1) is 11.8 Å². The average Bonchev–Trinajstić information content (AvgIpc) is 2.55. The monoisotopic (exact) mass is 344 g/mol. The number of hydrogen-bond donors (Lipinski definition) is 0. The fraction of sp³-hybridized carbons (Fsp3) is 0.389. The molecule has 0 unspecified atom stereocenters. The molecule has 0 aliphatic carbocycles. The number of ketones is 1. The minimum atomic E-state index is -0.638. The van der Waals surface area contributed by atoms with Crippen LogP contribution in [-0.2, 0) is 4.74 Å². The highest BCUT2D eigenvalue weighted by Gasteiger charge is 2.31. The number of rotatable bonds is 2. The lowest BCUT2D eigenvalue weighted by molar-refractivity contribution is 0.0324. The predicted octanol–water partition coefficient (Wildman–Crippen LogP) is 3.98. The van der Waals surface area contributed by atoms with E-state index in [1.807, 2.05) is 6.07 Å². The summed E-state index contributed by atoms with van der Waals surface area (Å²) in [4.78, 5) is 26.5. The van der Waals surface area contributed by atoms with Crippen molar-refractivity contribution in [1.82, 2.24) is 4.90 Å². The van der Waals surface area contributed by atoms with Crippen molar-refractivity contribution in [2.24, 2.45) is 0 Å². The number of amides is 1. The molecule has 1 saturated heterocycles. The van der Waals surface area contributed by atoms with Gasteiger partial charge in [0.2, 0.25) is 5.78 Å². The molecule has 1 aliphatic heterocycles. The van der Waals surface area contributed by atoms with Gasteiger partial charge in [0.25, 0.3) is 0 Å². The van der Waals surface area contributed by atoms with Gasteiger partial charge in [0.1, 0.15) is 22.3 Å². The molecule has 126 valence electrons. The number of ether oxygens (including phenoxy) is 1. The first-order chi connectivity index (χ1) is 11.3. The largest absolute Gasteiger partial charge is 0.443 e. The zero-order valence-electron chi connectivity index (χ0n) is 14.0. The lowest BCUT2D eigenvalue weighted by atomic mass is 10.1. The van der Waals surface area contributed by atoms with E-state index >= 15 is 0 Å². The summed E-state index contributed by atoms with van der Waals surface area (Å²) in [6.45, 7) is 5.79. The molecular weight excluding hydrogens is 324 g/mol. The Labute approximate surface area is 146 Å². The van der Waals surface area contributed by atoms with Crippen LogP contribution in [0.3, 0.4) is 0 Å². The van der Waals surface area contributed by atoms with E-state index < -0.39 is 11.7 Å². The maximum Gasteiger partial charge on any atom is 0.415 e. The van der Waals surface area contributed by atoms with Gasteiger partial charge in [-0.2, -0.15) is 5.26 Å². The van der Waals surface area contributed by atoms with E-state index in [1.54, 1.807) is 51.1 Å². The lowest BCUT2D eigenvalue weighted by Crippen LogP contribution is -2.39. The molecule has 6 heteroatoms. The molecule has 5 nitrogen and oxygen atoms in total. The van der Waals surface area contributed by atoms with Crippen LogP contribution >= 0.6 is 11.8 Å². The number of Topliss-reactive ketones (excluding diaryl/α,β-unsaturated/α-hetero) is 1. The van der Waals surface area contributed by atoms with Gasteiger partial charge in [0, 0.05) is 17.9 Å². The minimum Gasteiger partial charge on any atom is -0.443 e. The van der Waals surface area contributed by atoms with Gasteiger partial charge < -0.3 is 4.74 Å². The number of hydrogen-bond acceptors (Lipinski definition) is 5. The van der Waals surface area contributed by atoms with Gasteiger partial charge in [-0.1, -0.05) is 30.3 Å². The number of benzene rings is 1. The third kappa shape index (κ3) is 4.39. The normalized spacial score (nSPS) is 17.0. The Morgan fingerprint density at radius 3 is 2.50 bits per heavy atom. The van der Waals surface area contributed by atoms with Crippen LogP contribution in [0.25, 0.3) is 0 Å². The van der Waals surface area contributed by atoms with Crippen molar-refractivity contribution in [3.8, 4) is 6.07 Å². The Balaban J connectivity index is 2.38. The summed E-state index contributed by atoms with van der Waals surface area (Å²) in [7, 11) is 0. The van der Waals surface area contributed by atoms with Crippen LogP contribution in [0.1, 0.15) is 37.6 Å². The van der Waals surface area contributed by atoms with Gasteiger partial charge in [-0.05, 0) is 27.2 Å². The summed E-state index contributed by atoms with van der Waals surface area (Å²) < 4.78 is 5.41. The van der Waals surface area contributed by atoms with E-state index in [1.165, 1.54) is 16.7 Å². The quantitative estimate of drug-likeness (QED) is 0.461. The zero-order valence-corrected chi connectivity index (χ0v) is 14.9. The number of carbonyl (C=O) groups excluding carboxylic acids is 2. The molecular formula is C18H20N2O3S. The van der Waals surface area contributed by atoms with Crippen molar-refractivity contribution in [1.29, 1.82) is 5.26 Å². The molecule has 0 saturated carbocycles. The number of thioether (sulfide) groups is 1. The summed E-state index contributed by atoms with van der Waals surface area (Å²) in [5.74, 6) is 0.373. The maximum absolute atomic E-state index is 12.7. The molecule has 1 aliphatic rings. The second kappa shape index (κ2) is 7.54. The van der Waals surface area contributed by atoms with E-state index in [4.69, 9.17) is 4.74 Å². The Bertz CT molecular complexity index is 699. The molecule has 1 aromatic carbocycles. The summed E-state index contributed by atoms with van der Waals surface area (Å²) >= 11 is 1.34. The van der Waals surface area contributed by atoms with E-state index in [-0.39, 0.29) is 11.4 Å². The molecule has 0 radical (unpaired) electrons. The molecule has 0 atom stereocenters. The first-order valence-electron chi connectivity index (χ1n) is 7.71. The predicted molar refractivity (Wildman–Crippen MR) is 93.4 cm³/mol. The molecule has 0 aromatic heterocycles. The van der Waals surface area contributed by atoms with E-state index in [2.05, 4.69) is 0 Å². The van der Waals surface area contributed by atoms with Crippen LogP contribution < -0.4 is 0 Å². The fourth-order valence-electron chi connectivity index (χ4n) is 2.20. The maximum atomic E-state index is 12.7. The van der Waals surface area contributed by atoms with Gasteiger partial charge in [-0.25, -0.2) is 4.79 Å². The summed E-state index contributed by atoms with van der Waals surface area (Å²) in [6, 6.07) is 10.6. The van der Waals surface area contributed by atoms with Crippen LogP contribution in [0.15, 0.2) is 40.9 Å². The van der Waals surface area contributed by atoms with E-state index in [9.17, 15) is 14.9 Å². The first-order valence-corrected chi connectivity index (χ1v) is 8.69. The fourth-order valence-corrected chi connectivity index (χ4v) is 3.27. The summed E-state index contributed by atoms with van der Waals surface area (Å²) in [5.41, 5.74) is -0.228. The van der Waals surface area contributed by atoms with Crippen LogP contribution in [-0.4, -0.2) is 34.7 Å². The van der Waals surface area contributed by atoms with Gasteiger partial charge in [-0.3, -0.25) is 9.69 Å². The van der Waals surface area contributed by atoms with Crippen LogP contribution in [0.2, 0.25) is 0 Å². The summed E-state index contributed by atoms with van der Waals surface area (Å²) in [5, 5.41) is 9.90. The second-order valence-electron chi connectivity index (χ2n) is 6.32. The molecule has 1 fully saturated rings. The molecule has 0 spiro atoms. The van der Waals surface area contributed by atoms with Gasteiger partial charge in [0.05, 0.1) is 0 Å². The van der Waals surface area contributed by atoms with Crippen molar-refractivity contribution in [2.45, 2.75) is 32.8 Å². The van der Waals surface area contributed by atoms with Crippen LogP contribution in [0, 0.1) is 11.3 Å². The SMILES string of the molecule is CC(C)(C)OC(=O)N1CCCS/C1=C(/C#N)C(=O)c1ccccc1. The highest BCUT2D eigenvalue weighted by molar-refractivity contribution is 8.03. The van der Waals surface area contributed by atoms with E-state index in [0.717, 1.165) is 12.2 Å². The Hall–Kier alpha value is -2.26. The molecule has 2 rings (SSSR count). The zero-order chi connectivity index (χ0) is 17.7. The molecule has 1 heterocycles. The van der Waals surface area contributed by atoms with Crippen LogP contribution in [0.4, 0.5) is 4.79 Å². The number of carbonyl (C=O) groups is 2. The second-order valence-corrected chi connectivity index (χ2v) is 7.40. The molecule has 1 amide bonds. The molecule has 24 heavy (non-hydrogen) atoms. The van der Waals surface area contributed by atoms with Gasteiger partial charge in [0.15, 0.2) is 0 Å². The van der Waals surface area contributed by atoms with Crippen molar-refractivity contribution in [2.75, 3.05) is 12.3 Å². The molecule has 1 aromatic rings. The molecule has 0 bridgehead atoms. The Morgan fingerprint density at radius 1 is 1.25 bits per heavy atom. The smallest absolute Gasteiger partial charge is 0.415 e. The minimum absolute atomic E-state index is 0.0169. The first kappa shape index (κ1) is 18.1. The summed E-state index contributed by atoms with van der Waals surface area (Å²) in [6.07, 6.45) is 0.254. The third-order valence-electron chi connectivity index (χ3n) is 3.21. The Kier molecular flexibility index (Phi) is 5.68. The average molecular weight is 344 g/mol. The van der Waals surface area contributed by atoms with Crippen molar-refractivity contribution < 1.29 is 14.3 Å². The lowest BCUT2D eigenvalue weighted by Gasteiger charge is -2.31. The van der Waals surface area contributed by atoms with E-state index in [0.29, 0.717) is 17.1 Å². The van der Waals surface area contributed by atoms with Crippen molar-refractivity contribution >= 4 is 23.6 Å². The topological polar surface area (TPSA) is 70.4 Å². The Morgan fingerprint density at radius 2 is 1.92 bits per heavy atom. The number of nitrogens with zero attached hydrogens (tertiary/aromatic N) is 2. The highest BCUT2D eigenvalue weighted by atomic mass is 32.2. The van der Waals surface area contributed by atoms with Crippen LogP contribution in [0.5, 0.6) is 0 Å². The number of nitriles is 1. The van der Waals surface area contributed by atoms with Gasteiger partial charge >= 0.3 is 6.09 Å². The molecule has 0 N–H and O–H groups in total. The van der Waals surface area contributed by atoms with Crippen molar-refractivity contribution in [3.05, 3.63) is 46.5 Å². The van der Waals surface area contributed by atoms with Crippen molar-refractivity contribution in [3.63, 3.8) is 0 Å². The number of allylic oxidation sites excluding steroid dienone is 1. The third-order valence-corrected chi connectivity index (χ3v) is 4.40. The standard InChI is InChI=1S/C18H20N2O3S/c1-18(2,3)23-17(22)20-10-7-11-24-16(20)14(12-19)15(21)13-8-5-4-6-9-13/h4-6,8-9H,7,10-11H2,1-3H3/b16-14-. The highest BCUT2D eigenvalue weighted by Crippen LogP contribution is 2.32.